The van der Waals surface area contributed by atoms with E-state index in [1.807, 2.05) is 79.7 Å². The van der Waals surface area contributed by atoms with E-state index in [4.69, 9.17) is 9.47 Å². The average molecular weight is 407 g/mol. The highest BCUT2D eigenvalue weighted by atomic mass is 31.2. The molecule has 1 N–H and O–H groups in total. The molecule has 5 rings (SSSR count). The van der Waals surface area contributed by atoms with Gasteiger partial charge < -0.3 is 19.1 Å². The minimum Gasteiger partial charge on any atom is -0.493 e. The van der Waals surface area contributed by atoms with Crippen molar-refractivity contribution in [2.75, 3.05) is 7.11 Å². The fraction of sp³-hybridized carbons (Fsp3) is 0.217. The average Bonchev–Trinajstić information content (AvgIpc) is 3.40. The van der Waals surface area contributed by atoms with Crippen LogP contribution >= 0.6 is 7.14 Å². The molecule has 1 fully saturated rings. The summed E-state index contributed by atoms with van der Waals surface area (Å²) in [5.74, 6) is 0.575. The Morgan fingerprint density at radius 3 is 2.10 bits per heavy atom. The van der Waals surface area contributed by atoms with Crippen LogP contribution in [-0.4, -0.2) is 28.6 Å². The molecule has 3 aromatic carbocycles. The Morgan fingerprint density at radius 1 is 0.966 bits per heavy atom. The fourth-order valence-corrected chi connectivity index (χ4v) is 8.06. The first-order chi connectivity index (χ1) is 14.0. The number of para-hydroxylation sites is 1. The second-order valence-electron chi connectivity index (χ2n) is 7.52. The summed E-state index contributed by atoms with van der Waals surface area (Å²) >= 11 is 0. The van der Waals surface area contributed by atoms with Gasteiger partial charge in [0.25, 0.3) is 0 Å². The van der Waals surface area contributed by atoms with Crippen molar-refractivity contribution in [3.05, 3.63) is 84.4 Å². The number of benzene rings is 3. The van der Waals surface area contributed by atoms with Gasteiger partial charge in [0.2, 0.25) is 0 Å². The Labute approximate surface area is 169 Å². The molecule has 5 nitrogen and oxygen atoms in total. The quantitative estimate of drug-likeness (QED) is 0.530. The molecule has 0 bridgehead atoms. The lowest BCUT2D eigenvalue weighted by molar-refractivity contribution is -0.0171. The van der Waals surface area contributed by atoms with Crippen molar-refractivity contribution in [3.8, 4) is 11.5 Å². The predicted octanol–water partition coefficient (Wildman–Crippen LogP) is 3.45. The van der Waals surface area contributed by atoms with Crippen molar-refractivity contribution in [1.29, 1.82) is 0 Å². The third-order valence-corrected chi connectivity index (χ3v) is 9.44. The van der Waals surface area contributed by atoms with Crippen LogP contribution in [-0.2, 0) is 4.57 Å². The molecule has 148 valence electrons. The molecule has 0 aromatic heterocycles. The fourth-order valence-electron chi connectivity index (χ4n) is 4.46. The van der Waals surface area contributed by atoms with Crippen LogP contribution in [0.1, 0.15) is 18.7 Å². The van der Waals surface area contributed by atoms with E-state index in [2.05, 4.69) is 0 Å². The molecular formula is C23H22NO4P. The van der Waals surface area contributed by atoms with Crippen molar-refractivity contribution < 1.29 is 19.1 Å². The number of ether oxygens (including phenoxy) is 2. The van der Waals surface area contributed by atoms with Gasteiger partial charge in [-0.3, -0.25) is 0 Å². The molecule has 3 aromatic rings. The van der Waals surface area contributed by atoms with Crippen LogP contribution in [0, 0.1) is 0 Å². The number of aliphatic hydroxyl groups is 1. The monoisotopic (exact) mass is 407 g/mol. The van der Waals surface area contributed by atoms with Crippen molar-refractivity contribution in [2.24, 2.45) is 0 Å². The highest BCUT2D eigenvalue weighted by molar-refractivity contribution is 7.79. The maximum Gasteiger partial charge on any atom is 0.187 e. The number of hydrogen-bond acceptors (Lipinski definition) is 5. The Balaban J connectivity index is 1.67. The normalized spacial score (nSPS) is 27.3. The molecule has 4 atom stereocenters. The van der Waals surface area contributed by atoms with E-state index in [9.17, 15) is 9.67 Å². The molecule has 29 heavy (non-hydrogen) atoms. The van der Waals surface area contributed by atoms with Crippen molar-refractivity contribution in [2.45, 2.75) is 24.7 Å². The second kappa shape index (κ2) is 6.46. The molecule has 2 aliphatic heterocycles. The summed E-state index contributed by atoms with van der Waals surface area (Å²) in [5, 5.41) is 12.7. The van der Waals surface area contributed by atoms with E-state index in [-0.39, 0.29) is 0 Å². The first kappa shape index (κ1) is 18.4. The summed E-state index contributed by atoms with van der Waals surface area (Å²) in [5.41, 5.74) is -0.278. The molecule has 1 unspecified atom stereocenters. The molecule has 0 spiro atoms. The molecule has 6 heteroatoms. The van der Waals surface area contributed by atoms with Gasteiger partial charge in [-0.2, -0.15) is 0 Å². The number of aliphatic hydroxyl groups excluding tert-OH is 1. The van der Waals surface area contributed by atoms with Gasteiger partial charge in [0.1, 0.15) is 12.0 Å². The van der Waals surface area contributed by atoms with Gasteiger partial charge in [-0.1, -0.05) is 72.8 Å². The summed E-state index contributed by atoms with van der Waals surface area (Å²) in [6.45, 7) is 1.88. The lowest BCUT2D eigenvalue weighted by Gasteiger charge is -2.28. The van der Waals surface area contributed by atoms with Crippen LogP contribution < -0.4 is 20.1 Å². The molecule has 0 aliphatic carbocycles. The van der Waals surface area contributed by atoms with Crippen LogP contribution in [0.25, 0.3) is 0 Å². The van der Waals surface area contributed by atoms with E-state index in [0.717, 1.165) is 10.6 Å². The van der Waals surface area contributed by atoms with Crippen molar-refractivity contribution >= 4 is 17.8 Å². The number of hydrogen-bond donors (Lipinski definition) is 1. The van der Waals surface area contributed by atoms with Crippen LogP contribution in [0.2, 0.25) is 0 Å². The summed E-state index contributed by atoms with van der Waals surface area (Å²) in [6, 6.07) is 24.4. The van der Waals surface area contributed by atoms with Gasteiger partial charge in [-0.25, -0.2) is 4.90 Å². The van der Waals surface area contributed by atoms with Gasteiger partial charge in [0.15, 0.2) is 24.4 Å². The first-order valence-corrected chi connectivity index (χ1v) is 11.3. The predicted molar refractivity (Wildman–Crippen MR) is 112 cm³/mol. The number of rotatable bonds is 4. The molecule has 0 amide bonds. The topological polar surface area (TPSA) is 58.8 Å². The molecular weight excluding hydrogens is 385 g/mol. The van der Waals surface area contributed by atoms with E-state index in [0.29, 0.717) is 17.1 Å². The Kier molecular flexibility index (Phi) is 4.11. The van der Waals surface area contributed by atoms with E-state index in [1.54, 1.807) is 18.1 Å². The Morgan fingerprint density at radius 2 is 1.55 bits per heavy atom. The van der Waals surface area contributed by atoms with Gasteiger partial charge in [-0.05, 0) is 13.0 Å². The highest BCUT2D eigenvalue weighted by Crippen LogP contribution is 2.69. The number of methoxy groups -OCH3 is 1. The third kappa shape index (κ3) is 2.52. The zero-order chi connectivity index (χ0) is 20.2. The lowest BCUT2D eigenvalue weighted by atomic mass is 10.1. The minimum atomic E-state index is -3.14. The van der Waals surface area contributed by atoms with E-state index in [1.165, 1.54) is 0 Å². The van der Waals surface area contributed by atoms with Crippen LogP contribution in [0.5, 0.6) is 11.5 Å². The maximum absolute atomic E-state index is 14.7. The molecule has 0 radical (unpaired) electrons. The van der Waals surface area contributed by atoms with Gasteiger partial charge >= 0.3 is 0 Å². The van der Waals surface area contributed by atoms with Gasteiger partial charge in [0, 0.05) is 16.2 Å². The minimum absolute atomic E-state index is 0.494. The summed E-state index contributed by atoms with van der Waals surface area (Å²) < 4.78 is 26.5. The molecule has 2 aliphatic rings. The van der Waals surface area contributed by atoms with E-state index >= 15 is 0 Å². The van der Waals surface area contributed by atoms with Gasteiger partial charge in [0.05, 0.1) is 7.11 Å². The smallest absolute Gasteiger partial charge is 0.187 e. The summed E-state index contributed by atoms with van der Waals surface area (Å²) in [6.07, 6.45) is -0.926. The first-order valence-electron chi connectivity index (χ1n) is 9.55. The maximum atomic E-state index is 14.7. The van der Waals surface area contributed by atoms with Crippen molar-refractivity contribution in [1.82, 2.24) is 4.90 Å². The zero-order valence-electron chi connectivity index (χ0n) is 16.2. The molecule has 0 saturated carbocycles. The number of nitrogens with zero attached hydrogens (tertiary/aromatic N) is 1. The zero-order valence-corrected chi connectivity index (χ0v) is 17.1. The largest absolute Gasteiger partial charge is 0.493 e. The summed E-state index contributed by atoms with van der Waals surface area (Å²) in [7, 11) is -1.57. The van der Waals surface area contributed by atoms with Gasteiger partial charge in [-0.15, -0.1) is 0 Å². The Bertz CT molecular complexity index is 1060. The van der Waals surface area contributed by atoms with Crippen LogP contribution in [0.4, 0.5) is 0 Å². The summed E-state index contributed by atoms with van der Waals surface area (Å²) in [4.78, 5) is 1.80. The Hall–Kier alpha value is -2.59. The SMILES string of the molecule is COc1cccc2c1O[C@@]1(C)[C@H](P(=O)(c3ccccc3)c3ccccc3)N1[C@H]2O. The highest BCUT2D eigenvalue weighted by Gasteiger charge is 2.74. The molecule has 1 saturated heterocycles. The second-order valence-corrected chi connectivity index (χ2v) is 10.4. The third-order valence-electron chi connectivity index (χ3n) is 5.89. The van der Waals surface area contributed by atoms with Crippen LogP contribution in [0.3, 0.4) is 0 Å². The standard InChI is InChI=1S/C23H22NO4P/c1-23-22(24(23)21(25)18-14-9-15-19(27-2)20(18)28-23)29(26,16-10-5-3-6-11-16)17-12-7-4-8-13-17/h3-15,21-22,25H,1-2H3/t21-,22-,23-,24?/m0/s1. The van der Waals surface area contributed by atoms with E-state index < -0.39 is 24.9 Å². The van der Waals surface area contributed by atoms with Crippen LogP contribution in [0.15, 0.2) is 78.9 Å². The number of fused-ring (bicyclic) bond motifs is 2. The lowest BCUT2D eigenvalue weighted by Crippen LogP contribution is -2.31. The van der Waals surface area contributed by atoms with Crippen molar-refractivity contribution in [3.63, 3.8) is 0 Å². The molecule has 2 heterocycles.